The Labute approximate surface area is 205 Å². The van der Waals surface area contributed by atoms with E-state index in [9.17, 15) is 9.18 Å². The first-order valence-electron chi connectivity index (χ1n) is 12.1. The van der Waals surface area contributed by atoms with Crippen LogP contribution in [-0.4, -0.2) is 42.2 Å². The molecule has 2 heterocycles. The molecule has 1 amide bonds. The van der Waals surface area contributed by atoms with Crippen LogP contribution < -0.4 is 19.7 Å². The summed E-state index contributed by atoms with van der Waals surface area (Å²) in [5.41, 5.74) is 1.74. The van der Waals surface area contributed by atoms with E-state index in [0.717, 1.165) is 42.9 Å². The fourth-order valence-corrected chi connectivity index (χ4v) is 4.17. The van der Waals surface area contributed by atoms with Gasteiger partial charge in [0.05, 0.1) is 13.2 Å². The fourth-order valence-electron chi connectivity index (χ4n) is 4.17. The van der Waals surface area contributed by atoms with Crippen molar-refractivity contribution in [3.8, 4) is 22.9 Å². The molecule has 0 saturated carbocycles. The number of carbonyl (C=O) groups is 1. The number of aromatic nitrogens is 2. The standard InChI is InChI=1S/C27H31FN4O3/c1-3-34-23-10-5-19(17-24(23)35-4-2)18-30-27(33)21-12-15-32(16-13-21)25-11-14-29-26(31-25)20-6-8-22(28)9-7-20/h5-11,14,17,21H,3-4,12-13,15-16,18H2,1-2H3,(H,30,33). The molecule has 1 N–H and O–H groups in total. The van der Waals surface area contributed by atoms with Crippen LogP contribution in [0.1, 0.15) is 32.3 Å². The molecule has 1 aliphatic rings. The molecule has 184 valence electrons. The van der Waals surface area contributed by atoms with E-state index in [1.807, 2.05) is 38.1 Å². The van der Waals surface area contributed by atoms with E-state index >= 15 is 0 Å². The van der Waals surface area contributed by atoms with Crippen LogP contribution in [0.15, 0.2) is 54.7 Å². The van der Waals surface area contributed by atoms with E-state index in [-0.39, 0.29) is 17.6 Å². The number of nitrogens with one attached hydrogen (secondary N) is 1. The maximum atomic E-state index is 13.2. The summed E-state index contributed by atoms with van der Waals surface area (Å²) in [6.45, 7) is 6.89. The van der Waals surface area contributed by atoms with Crippen molar-refractivity contribution in [2.75, 3.05) is 31.2 Å². The van der Waals surface area contributed by atoms with Crippen LogP contribution in [0, 0.1) is 11.7 Å². The van der Waals surface area contributed by atoms with Gasteiger partial charge >= 0.3 is 0 Å². The molecule has 1 saturated heterocycles. The van der Waals surface area contributed by atoms with E-state index in [1.54, 1.807) is 18.3 Å². The molecule has 1 aromatic heterocycles. The zero-order valence-corrected chi connectivity index (χ0v) is 20.2. The van der Waals surface area contributed by atoms with Crippen LogP contribution in [0.4, 0.5) is 10.2 Å². The van der Waals surface area contributed by atoms with Crippen molar-refractivity contribution in [1.82, 2.24) is 15.3 Å². The van der Waals surface area contributed by atoms with E-state index < -0.39 is 0 Å². The Balaban J connectivity index is 1.31. The monoisotopic (exact) mass is 478 g/mol. The Morgan fingerprint density at radius 1 is 1.03 bits per heavy atom. The highest BCUT2D eigenvalue weighted by Gasteiger charge is 2.25. The Kier molecular flexibility index (Phi) is 8.13. The number of rotatable bonds is 9. The lowest BCUT2D eigenvalue weighted by molar-refractivity contribution is -0.125. The molecule has 4 rings (SSSR count). The van der Waals surface area contributed by atoms with Crippen molar-refractivity contribution in [3.63, 3.8) is 0 Å². The summed E-state index contributed by atoms with van der Waals surface area (Å²) in [5.74, 6) is 2.51. The molecule has 35 heavy (non-hydrogen) atoms. The molecule has 0 atom stereocenters. The number of anilines is 1. The maximum Gasteiger partial charge on any atom is 0.223 e. The molecular formula is C27H31FN4O3. The number of piperidine rings is 1. The summed E-state index contributed by atoms with van der Waals surface area (Å²) in [4.78, 5) is 24.0. The zero-order chi connectivity index (χ0) is 24.6. The summed E-state index contributed by atoms with van der Waals surface area (Å²) in [5, 5.41) is 3.07. The SMILES string of the molecule is CCOc1ccc(CNC(=O)C2CCN(c3ccnc(-c4ccc(F)cc4)n3)CC2)cc1OCC. The molecule has 0 radical (unpaired) electrons. The molecule has 0 spiro atoms. The van der Waals surface area contributed by atoms with E-state index in [0.29, 0.717) is 37.1 Å². The lowest BCUT2D eigenvalue weighted by Crippen LogP contribution is -2.40. The molecule has 3 aromatic rings. The molecule has 0 bridgehead atoms. The van der Waals surface area contributed by atoms with Gasteiger partial charge in [0.25, 0.3) is 0 Å². The van der Waals surface area contributed by atoms with Crippen molar-refractivity contribution in [1.29, 1.82) is 0 Å². The molecule has 8 heteroatoms. The van der Waals surface area contributed by atoms with Crippen LogP contribution in [-0.2, 0) is 11.3 Å². The lowest BCUT2D eigenvalue weighted by atomic mass is 9.96. The minimum absolute atomic E-state index is 0.0429. The lowest BCUT2D eigenvalue weighted by Gasteiger charge is -2.32. The predicted octanol–water partition coefficient (Wildman–Crippen LogP) is 4.61. The summed E-state index contributed by atoms with van der Waals surface area (Å²) in [6, 6.07) is 13.8. The smallest absolute Gasteiger partial charge is 0.223 e. The number of benzene rings is 2. The third-order valence-electron chi connectivity index (χ3n) is 6.01. The number of ether oxygens (including phenoxy) is 2. The number of carbonyl (C=O) groups excluding carboxylic acids is 1. The van der Waals surface area contributed by atoms with Crippen LogP contribution in [0.3, 0.4) is 0 Å². The number of nitrogens with zero attached hydrogens (tertiary/aromatic N) is 3. The normalized spacial score (nSPS) is 14.0. The first-order valence-corrected chi connectivity index (χ1v) is 12.1. The van der Waals surface area contributed by atoms with E-state index in [2.05, 4.69) is 20.2 Å². The average molecular weight is 479 g/mol. The van der Waals surface area contributed by atoms with Gasteiger partial charge in [0.2, 0.25) is 5.91 Å². The van der Waals surface area contributed by atoms with Crippen molar-refractivity contribution < 1.29 is 18.7 Å². The van der Waals surface area contributed by atoms with Gasteiger partial charge < -0.3 is 19.7 Å². The maximum absolute atomic E-state index is 13.2. The molecule has 0 unspecified atom stereocenters. The van der Waals surface area contributed by atoms with Gasteiger partial charge in [-0.15, -0.1) is 0 Å². The predicted molar refractivity (Wildman–Crippen MR) is 133 cm³/mol. The Bertz CT molecular complexity index is 1130. The second-order valence-electron chi connectivity index (χ2n) is 8.37. The summed E-state index contributed by atoms with van der Waals surface area (Å²) in [7, 11) is 0. The van der Waals surface area contributed by atoms with Gasteiger partial charge in [0.1, 0.15) is 11.6 Å². The highest BCUT2D eigenvalue weighted by Crippen LogP contribution is 2.29. The highest BCUT2D eigenvalue weighted by atomic mass is 19.1. The molecule has 7 nitrogen and oxygen atoms in total. The Hall–Kier alpha value is -3.68. The number of hydrogen-bond acceptors (Lipinski definition) is 6. The fraction of sp³-hybridized carbons (Fsp3) is 0.370. The first kappa shape index (κ1) is 24.4. The van der Waals surface area contributed by atoms with E-state index in [4.69, 9.17) is 9.47 Å². The second-order valence-corrected chi connectivity index (χ2v) is 8.37. The summed E-state index contributed by atoms with van der Waals surface area (Å²) < 4.78 is 24.5. The van der Waals surface area contributed by atoms with Crippen molar-refractivity contribution in [3.05, 3.63) is 66.1 Å². The van der Waals surface area contributed by atoms with Gasteiger partial charge in [-0.2, -0.15) is 0 Å². The third-order valence-corrected chi connectivity index (χ3v) is 6.01. The molecule has 2 aromatic carbocycles. The summed E-state index contributed by atoms with van der Waals surface area (Å²) >= 11 is 0. The molecule has 1 fully saturated rings. The number of hydrogen-bond donors (Lipinski definition) is 1. The van der Waals surface area contributed by atoms with Gasteiger partial charge in [0, 0.05) is 37.3 Å². The van der Waals surface area contributed by atoms with Gasteiger partial charge in [-0.05, 0) is 74.7 Å². The molecule has 1 aliphatic heterocycles. The molecule has 0 aliphatic carbocycles. The minimum Gasteiger partial charge on any atom is -0.490 e. The van der Waals surface area contributed by atoms with Gasteiger partial charge in [-0.25, -0.2) is 14.4 Å². The second kappa shape index (κ2) is 11.6. The van der Waals surface area contributed by atoms with Gasteiger partial charge in [-0.1, -0.05) is 6.07 Å². The summed E-state index contributed by atoms with van der Waals surface area (Å²) in [6.07, 6.45) is 3.21. The largest absolute Gasteiger partial charge is 0.490 e. The molecular weight excluding hydrogens is 447 g/mol. The zero-order valence-electron chi connectivity index (χ0n) is 20.2. The van der Waals surface area contributed by atoms with Crippen molar-refractivity contribution in [2.45, 2.75) is 33.2 Å². The highest BCUT2D eigenvalue weighted by molar-refractivity contribution is 5.79. The minimum atomic E-state index is -0.289. The van der Waals surface area contributed by atoms with Crippen LogP contribution >= 0.6 is 0 Å². The topological polar surface area (TPSA) is 76.6 Å². The van der Waals surface area contributed by atoms with Crippen LogP contribution in [0.5, 0.6) is 11.5 Å². The number of halogens is 1. The quantitative estimate of drug-likeness (QED) is 0.484. The third kappa shape index (κ3) is 6.26. The van der Waals surface area contributed by atoms with Gasteiger partial charge in [-0.3, -0.25) is 4.79 Å². The van der Waals surface area contributed by atoms with E-state index in [1.165, 1.54) is 12.1 Å². The van der Waals surface area contributed by atoms with Crippen molar-refractivity contribution >= 4 is 11.7 Å². The van der Waals surface area contributed by atoms with Gasteiger partial charge in [0.15, 0.2) is 17.3 Å². The number of amides is 1. The van der Waals surface area contributed by atoms with Crippen molar-refractivity contribution in [2.24, 2.45) is 5.92 Å². The Morgan fingerprint density at radius 2 is 1.74 bits per heavy atom. The first-order chi connectivity index (χ1) is 17.1. The van der Waals surface area contributed by atoms with Crippen LogP contribution in [0.2, 0.25) is 0 Å². The van der Waals surface area contributed by atoms with Crippen LogP contribution in [0.25, 0.3) is 11.4 Å². The Morgan fingerprint density at radius 3 is 2.46 bits per heavy atom. The average Bonchev–Trinajstić information content (AvgIpc) is 2.89.